The molecule has 0 bridgehead atoms. The lowest BCUT2D eigenvalue weighted by atomic mass is 10.1. The summed E-state index contributed by atoms with van der Waals surface area (Å²) in [5, 5.41) is 8.97. The van der Waals surface area contributed by atoms with Gasteiger partial charge in [0, 0.05) is 7.05 Å². The number of alkyl halides is 2. The lowest BCUT2D eigenvalue weighted by molar-refractivity contribution is -0.0503. The summed E-state index contributed by atoms with van der Waals surface area (Å²) in [6.45, 7) is -1.55. The number of aliphatic hydroxyl groups excluding tert-OH is 1. The van der Waals surface area contributed by atoms with E-state index in [1.165, 1.54) is 30.1 Å². The number of likely N-dealkylation sites (N-methyl/N-ethyl adjacent to an activating group) is 1. The van der Waals surface area contributed by atoms with Gasteiger partial charge in [-0.25, -0.2) is 0 Å². The number of halogens is 2. The molecule has 0 spiro atoms. The third kappa shape index (κ3) is 3.40. The summed E-state index contributed by atoms with van der Waals surface area (Å²) >= 11 is 0. The zero-order valence-corrected chi connectivity index (χ0v) is 10.1. The van der Waals surface area contributed by atoms with E-state index in [4.69, 9.17) is 5.11 Å². The van der Waals surface area contributed by atoms with E-state index in [1.807, 2.05) is 0 Å². The zero-order valence-electron chi connectivity index (χ0n) is 10.1. The molecular formula is C12H15F2NO3. The number of carbonyl (C=O) groups is 1. The lowest BCUT2D eigenvalue weighted by Gasteiger charge is -2.24. The summed E-state index contributed by atoms with van der Waals surface area (Å²) in [5.74, 6) is -0.651. The van der Waals surface area contributed by atoms with Gasteiger partial charge in [-0.2, -0.15) is 8.78 Å². The number of benzene rings is 1. The van der Waals surface area contributed by atoms with Gasteiger partial charge in [-0.1, -0.05) is 12.1 Å². The van der Waals surface area contributed by atoms with Gasteiger partial charge in [0.05, 0.1) is 18.2 Å². The summed E-state index contributed by atoms with van der Waals surface area (Å²) < 4.78 is 28.7. The first-order chi connectivity index (χ1) is 8.47. The van der Waals surface area contributed by atoms with Gasteiger partial charge in [0.15, 0.2) is 0 Å². The van der Waals surface area contributed by atoms with Gasteiger partial charge >= 0.3 is 6.61 Å². The van der Waals surface area contributed by atoms with E-state index in [9.17, 15) is 13.6 Å². The van der Waals surface area contributed by atoms with Gasteiger partial charge in [0.25, 0.3) is 5.91 Å². The Bertz CT molecular complexity index is 412. The molecule has 0 aromatic heterocycles. The second-order valence-corrected chi connectivity index (χ2v) is 3.82. The molecule has 1 amide bonds. The van der Waals surface area contributed by atoms with Crippen LogP contribution in [0.3, 0.4) is 0 Å². The van der Waals surface area contributed by atoms with Crippen LogP contribution in [-0.4, -0.2) is 42.2 Å². The number of carbonyl (C=O) groups excluding carboxylic acids is 1. The number of aliphatic hydroxyl groups is 1. The maximum absolute atomic E-state index is 12.2. The summed E-state index contributed by atoms with van der Waals surface area (Å²) in [7, 11) is 1.49. The number of hydrogen-bond acceptors (Lipinski definition) is 3. The van der Waals surface area contributed by atoms with Crippen LogP contribution in [0, 0.1) is 0 Å². The van der Waals surface area contributed by atoms with E-state index in [0.717, 1.165) is 0 Å². The summed E-state index contributed by atoms with van der Waals surface area (Å²) in [5.41, 5.74) is 0.0422. The molecule has 1 N–H and O–H groups in total. The Kier molecular flexibility index (Phi) is 5.03. The van der Waals surface area contributed by atoms with Crippen LogP contribution in [0.15, 0.2) is 24.3 Å². The van der Waals surface area contributed by atoms with Crippen LogP contribution in [0.1, 0.15) is 17.3 Å². The monoisotopic (exact) mass is 259 g/mol. The molecule has 0 aliphatic heterocycles. The number of rotatable bonds is 5. The molecule has 4 nitrogen and oxygen atoms in total. The van der Waals surface area contributed by atoms with Crippen molar-refractivity contribution in [1.29, 1.82) is 0 Å². The average molecular weight is 259 g/mol. The number of para-hydroxylation sites is 1. The number of hydrogen-bond donors (Lipinski definition) is 1. The fraction of sp³-hybridized carbons (Fsp3) is 0.417. The van der Waals surface area contributed by atoms with Gasteiger partial charge in [-0.15, -0.1) is 0 Å². The second kappa shape index (κ2) is 6.30. The molecule has 0 aliphatic rings. The first-order valence-electron chi connectivity index (χ1n) is 5.39. The highest BCUT2D eigenvalue weighted by atomic mass is 19.3. The SMILES string of the molecule is CC(CO)N(C)C(=O)c1ccccc1OC(F)F. The van der Waals surface area contributed by atoms with Gasteiger partial charge in [-0.05, 0) is 19.1 Å². The summed E-state index contributed by atoms with van der Waals surface area (Å²) in [4.78, 5) is 13.3. The van der Waals surface area contributed by atoms with Crippen LogP contribution >= 0.6 is 0 Å². The summed E-state index contributed by atoms with van der Waals surface area (Å²) in [6.07, 6.45) is 0. The Morgan fingerprint density at radius 1 is 1.44 bits per heavy atom. The Morgan fingerprint density at radius 3 is 2.61 bits per heavy atom. The van der Waals surface area contributed by atoms with Crippen LogP contribution in [0.4, 0.5) is 8.78 Å². The van der Waals surface area contributed by atoms with Gasteiger partial charge in [-0.3, -0.25) is 4.79 Å². The van der Waals surface area contributed by atoms with Crippen LogP contribution in [0.2, 0.25) is 0 Å². The average Bonchev–Trinajstić information content (AvgIpc) is 2.36. The predicted octanol–water partition coefficient (Wildman–Crippen LogP) is 1.74. The van der Waals surface area contributed by atoms with Crippen molar-refractivity contribution in [3.8, 4) is 5.75 Å². The zero-order chi connectivity index (χ0) is 13.7. The van der Waals surface area contributed by atoms with E-state index >= 15 is 0 Å². The highest BCUT2D eigenvalue weighted by molar-refractivity contribution is 5.96. The number of amides is 1. The van der Waals surface area contributed by atoms with E-state index in [0.29, 0.717) is 0 Å². The molecule has 0 radical (unpaired) electrons. The van der Waals surface area contributed by atoms with Crippen molar-refractivity contribution >= 4 is 5.91 Å². The molecular weight excluding hydrogens is 244 g/mol. The van der Waals surface area contributed by atoms with Gasteiger partial charge in [0.1, 0.15) is 5.75 Å². The Hall–Kier alpha value is -1.69. The fourth-order valence-electron chi connectivity index (χ4n) is 1.35. The topological polar surface area (TPSA) is 49.8 Å². The number of nitrogens with zero attached hydrogens (tertiary/aromatic N) is 1. The van der Waals surface area contributed by atoms with Crippen molar-refractivity contribution in [2.75, 3.05) is 13.7 Å². The van der Waals surface area contributed by atoms with Crippen LogP contribution in [-0.2, 0) is 0 Å². The normalized spacial score (nSPS) is 12.3. The van der Waals surface area contributed by atoms with E-state index < -0.39 is 18.6 Å². The smallest absolute Gasteiger partial charge is 0.387 e. The Labute approximate surface area is 104 Å². The van der Waals surface area contributed by atoms with Crippen LogP contribution < -0.4 is 4.74 Å². The molecule has 0 saturated carbocycles. The fourth-order valence-corrected chi connectivity index (χ4v) is 1.35. The molecule has 18 heavy (non-hydrogen) atoms. The maximum Gasteiger partial charge on any atom is 0.387 e. The van der Waals surface area contributed by atoms with Gasteiger partial charge < -0.3 is 14.7 Å². The molecule has 1 atom stereocenters. The number of ether oxygens (including phenoxy) is 1. The second-order valence-electron chi connectivity index (χ2n) is 3.82. The minimum Gasteiger partial charge on any atom is -0.434 e. The highest BCUT2D eigenvalue weighted by Crippen LogP contribution is 2.22. The molecule has 6 heteroatoms. The third-order valence-electron chi connectivity index (χ3n) is 2.58. The lowest BCUT2D eigenvalue weighted by Crippen LogP contribution is -2.37. The van der Waals surface area contributed by atoms with Crippen molar-refractivity contribution < 1.29 is 23.4 Å². The van der Waals surface area contributed by atoms with Crippen molar-refractivity contribution in [1.82, 2.24) is 4.90 Å². The molecule has 1 aromatic rings. The minimum atomic E-state index is -2.99. The van der Waals surface area contributed by atoms with Crippen molar-refractivity contribution in [2.24, 2.45) is 0 Å². The van der Waals surface area contributed by atoms with Crippen molar-refractivity contribution in [2.45, 2.75) is 19.6 Å². The van der Waals surface area contributed by atoms with Gasteiger partial charge in [0.2, 0.25) is 0 Å². The van der Waals surface area contributed by atoms with Crippen LogP contribution in [0.25, 0.3) is 0 Å². The molecule has 1 rings (SSSR count). The third-order valence-corrected chi connectivity index (χ3v) is 2.58. The first-order valence-corrected chi connectivity index (χ1v) is 5.39. The molecule has 0 heterocycles. The standard InChI is InChI=1S/C12H15F2NO3/c1-8(7-16)15(2)11(17)9-5-3-4-6-10(9)18-12(13)14/h3-6,8,12,16H,7H2,1-2H3. The largest absolute Gasteiger partial charge is 0.434 e. The maximum atomic E-state index is 12.2. The molecule has 0 saturated heterocycles. The van der Waals surface area contributed by atoms with E-state index in [-0.39, 0.29) is 17.9 Å². The highest BCUT2D eigenvalue weighted by Gasteiger charge is 2.21. The van der Waals surface area contributed by atoms with Crippen molar-refractivity contribution in [3.05, 3.63) is 29.8 Å². The molecule has 0 aliphatic carbocycles. The van der Waals surface area contributed by atoms with E-state index in [1.54, 1.807) is 13.0 Å². The Morgan fingerprint density at radius 2 is 2.06 bits per heavy atom. The molecule has 1 unspecified atom stereocenters. The first kappa shape index (κ1) is 14.4. The van der Waals surface area contributed by atoms with E-state index in [2.05, 4.69) is 4.74 Å². The summed E-state index contributed by atoms with van der Waals surface area (Å²) in [6, 6.07) is 5.36. The van der Waals surface area contributed by atoms with Crippen molar-refractivity contribution in [3.63, 3.8) is 0 Å². The van der Waals surface area contributed by atoms with Crippen LogP contribution in [0.5, 0.6) is 5.75 Å². The molecule has 0 fully saturated rings. The predicted molar refractivity (Wildman–Crippen MR) is 61.7 cm³/mol. The molecule has 100 valence electrons. The molecule has 1 aromatic carbocycles. The minimum absolute atomic E-state index is 0.0422. The quantitative estimate of drug-likeness (QED) is 0.876. The Balaban J connectivity index is 2.98.